The van der Waals surface area contributed by atoms with E-state index in [0.29, 0.717) is 18.3 Å². The van der Waals surface area contributed by atoms with Crippen LogP contribution in [0.5, 0.6) is 0 Å². The highest BCUT2D eigenvalue weighted by Crippen LogP contribution is 2.18. The molecule has 0 aromatic carbocycles. The summed E-state index contributed by atoms with van der Waals surface area (Å²) in [5, 5.41) is 3.30. The van der Waals surface area contributed by atoms with Gasteiger partial charge >= 0.3 is 12.0 Å². The molecular weight excluding hydrogens is 258 g/mol. The molecule has 0 radical (unpaired) electrons. The lowest BCUT2D eigenvalue weighted by atomic mass is 10.1. The number of imide groups is 1. The van der Waals surface area contributed by atoms with Gasteiger partial charge in [0.05, 0.1) is 12.6 Å². The van der Waals surface area contributed by atoms with Crippen molar-refractivity contribution in [2.24, 2.45) is 4.99 Å². The highest BCUT2D eigenvalue weighted by Gasteiger charge is 2.50. The molecule has 2 atom stereocenters. The van der Waals surface area contributed by atoms with Crippen molar-refractivity contribution in [3.05, 3.63) is 0 Å². The number of hydrogen-bond acceptors (Lipinski definition) is 4. The first-order valence-corrected chi connectivity index (χ1v) is 6.96. The van der Waals surface area contributed by atoms with Crippen molar-refractivity contribution in [3.63, 3.8) is 0 Å². The predicted octanol–water partition coefficient (Wildman–Crippen LogP) is 0.0674. The molecule has 0 aromatic rings. The van der Waals surface area contributed by atoms with Gasteiger partial charge in [0.1, 0.15) is 0 Å². The molecule has 0 aliphatic carbocycles. The van der Waals surface area contributed by atoms with Gasteiger partial charge in [0.25, 0.3) is 5.91 Å². The van der Waals surface area contributed by atoms with Crippen LogP contribution in [0, 0.1) is 0 Å². The van der Waals surface area contributed by atoms with E-state index in [-0.39, 0.29) is 18.0 Å². The highest BCUT2D eigenvalue weighted by atomic mass is 16.2. The van der Waals surface area contributed by atoms with Gasteiger partial charge in [-0.1, -0.05) is 11.9 Å². The molecule has 0 saturated carbocycles. The number of nitrogens with one attached hydrogen (secondary N) is 1. The zero-order valence-corrected chi connectivity index (χ0v) is 12.7. The second-order valence-corrected chi connectivity index (χ2v) is 5.17. The molecule has 0 bridgehead atoms. The van der Waals surface area contributed by atoms with Crippen LogP contribution < -0.4 is 5.32 Å². The average molecular weight is 280 g/mol. The van der Waals surface area contributed by atoms with Gasteiger partial charge in [0.15, 0.2) is 0 Å². The largest absolute Gasteiger partial charge is 0.390 e. The van der Waals surface area contributed by atoms with E-state index < -0.39 is 6.04 Å². The van der Waals surface area contributed by atoms with Crippen molar-refractivity contribution in [3.8, 4) is 0 Å². The van der Waals surface area contributed by atoms with Crippen LogP contribution in [-0.2, 0) is 4.79 Å². The molecule has 3 amide bonds. The fourth-order valence-electron chi connectivity index (χ4n) is 2.37. The zero-order valence-electron chi connectivity index (χ0n) is 12.7. The molecule has 2 unspecified atom stereocenters. The van der Waals surface area contributed by atoms with E-state index in [1.54, 1.807) is 7.05 Å². The van der Waals surface area contributed by atoms with E-state index in [1.165, 1.54) is 11.9 Å². The maximum atomic E-state index is 12.3. The third kappa shape index (κ3) is 2.07. The van der Waals surface area contributed by atoms with Crippen molar-refractivity contribution in [2.45, 2.75) is 39.3 Å². The Morgan fingerprint density at radius 3 is 2.50 bits per heavy atom. The monoisotopic (exact) mass is 280 g/mol. The van der Waals surface area contributed by atoms with Gasteiger partial charge in [0, 0.05) is 14.1 Å². The second-order valence-electron chi connectivity index (χ2n) is 5.17. The Balaban J connectivity index is 2.40. The Labute approximate surface area is 119 Å². The summed E-state index contributed by atoms with van der Waals surface area (Å²) < 4.78 is 1.91. The van der Waals surface area contributed by atoms with Gasteiger partial charge in [0.2, 0.25) is 11.9 Å². The van der Waals surface area contributed by atoms with Gasteiger partial charge in [-0.05, 0) is 20.3 Å². The number of carbonyl (C=O) groups excluding carboxylic acids is 2. The van der Waals surface area contributed by atoms with Crippen LogP contribution in [-0.4, -0.2) is 70.8 Å². The van der Waals surface area contributed by atoms with E-state index in [9.17, 15) is 9.59 Å². The Hall–Kier alpha value is -1.92. The lowest BCUT2D eigenvalue weighted by Gasteiger charge is -2.31. The van der Waals surface area contributed by atoms with Crippen molar-refractivity contribution < 1.29 is 14.2 Å². The number of amidine groups is 1. The molecule has 2 heterocycles. The summed E-state index contributed by atoms with van der Waals surface area (Å²) in [6.07, 6.45) is 0.958. The number of nitrogens with zero attached hydrogens (tertiary/aromatic N) is 4. The number of amides is 3. The van der Waals surface area contributed by atoms with Crippen molar-refractivity contribution in [1.82, 2.24) is 15.1 Å². The minimum atomic E-state index is -0.501. The summed E-state index contributed by atoms with van der Waals surface area (Å²) in [6.45, 7) is 6.77. The molecule has 1 fully saturated rings. The number of likely N-dealkylation sites (N-methyl/N-ethyl adjacent to an activating group) is 3. The van der Waals surface area contributed by atoms with Crippen LogP contribution in [0.2, 0.25) is 0 Å². The fraction of sp³-hybridized carbons (Fsp3) is 0.692. The fourth-order valence-corrected chi connectivity index (χ4v) is 2.37. The van der Waals surface area contributed by atoms with Crippen molar-refractivity contribution in [1.29, 1.82) is 0 Å². The minimum absolute atomic E-state index is 0.227. The summed E-state index contributed by atoms with van der Waals surface area (Å²) in [7, 11) is 3.16. The first-order chi connectivity index (χ1) is 9.42. The van der Waals surface area contributed by atoms with Gasteiger partial charge in [-0.25, -0.2) is 9.37 Å². The van der Waals surface area contributed by atoms with E-state index in [1.807, 2.05) is 11.5 Å². The maximum absolute atomic E-state index is 12.3. The number of guanidine groups is 1. The summed E-state index contributed by atoms with van der Waals surface area (Å²) in [6, 6.07) is -0.581. The molecule has 2 aliphatic heterocycles. The van der Waals surface area contributed by atoms with Crippen LogP contribution in [0.4, 0.5) is 4.79 Å². The Morgan fingerprint density at radius 1 is 1.30 bits per heavy atom. The number of aliphatic imine (C=N–C) groups is 1. The molecular formula is C13H22N5O2+. The predicted molar refractivity (Wildman–Crippen MR) is 75.8 cm³/mol. The molecule has 2 rings (SSSR count). The number of urea groups is 1. The van der Waals surface area contributed by atoms with Crippen molar-refractivity contribution in [2.75, 3.05) is 20.6 Å². The second kappa shape index (κ2) is 5.22. The van der Waals surface area contributed by atoms with E-state index in [2.05, 4.69) is 24.2 Å². The summed E-state index contributed by atoms with van der Waals surface area (Å²) in [4.78, 5) is 31.4. The molecule has 2 aliphatic rings. The third-order valence-electron chi connectivity index (χ3n) is 3.86. The van der Waals surface area contributed by atoms with E-state index >= 15 is 0 Å². The number of rotatable bonds is 3. The normalized spacial score (nSPS) is 24.1. The lowest BCUT2D eigenvalue weighted by molar-refractivity contribution is -0.533. The number of fused-ring (bicyclic) bond motifs is 1. The van der Waals surface area contributed by atoms with Crippen LogP contribution >= 0.6 is 0 Å². The van der Waals surface area contributed by atoms with Gasteiger partial charge < -0.3 is 0 Å². The summed E-state index contributed by atoms with van der Waals surface area (Å²) >= 11 is 0. The summed E-state index contributed by atoms with van der Waals surface area (Å²) in [5.74, 6) is 0.950. The SMILES string of the molecule is CCC(C)NC1=[N+](CC)C2C(=O)N(C)C(=O)N(C)C2=N1. The minimum Gasteiger partial charge on any atom is -0.272 e. The van der Waals surface area contributed by atoms with Gasteiger partial charge in [-0.15, -0.1) is 0 Å². The molecule has 0 spiro atoms. The lowest BCUT2D eigenvalue weighted by Crippen LogP contribution is -2.61. The smallest absolute Gasteiger partial charge is 0.272 e. The Morgan fingerprint density at radius 2 is 1.95 bits per heavy atom. The molecule has 110 valence electrons. The summed E-state index contributed by atoms with van der Waals surface area (Å²) in [5.41, 5.74) is 0. The van der Waals surface area contributed by atoms with Crippen LogP contribution in [0.15, 0.2) is 4.99 Å². The van der Waals surface area contributed by atoms with Crippen LogP contribution in [0.3, 0.4) is 0 Å². The molecule has 1 saturated heterocycles. The molecule has 20 heavy (non-hydrogen) atoms. The van der Waals surface area contributed by atoms with Crippen LogP contribution in [0.25, 0.3) is 0 Å². The Bertz CT molecular complexity index is 511. The maximum Gasteiger partial charge on any atom is 0.390 e. The molecule has 0 aromatic heterocycles. The first-order valence-electron chi connectivity index (χ1n) is 6.96. The van der Waals surface area contributed by atoms with E-state index in [0.717, 1.165) is 11.3 Å². The Kier molecular flexibility index (Phi) is 3.78. The van der Waals surface area contributed by atoms with Crippen LogP contribution in [0.1, 0.15) is 27.2 Å². The number of hydrogen-bond donors (Lipinski definition) is 1. The van der Waals surface area contributed by atoms with E-state index in [4.69, 9.17) is 0 Å². The standard InChI is InChI=1S/C13H21N5O2/c1-6-8(3)14-12-15-10-9(18(12)7-2)11(19)17(5)13(20)16(10)4/h8-9H,6-7H2,1-5H3/p+1. The topological polar surface area (TPSA) is 68.0 Å². The zero-order chi connectivity index (χ0) is 15.0. The highest BCUT2D eigenvalue weighted by molar-refractivity contribution is 6.22. The molecule has 1 N–H and O–H groups in total. The van der Waals surface area contributed by atoms with Gasteiger partial charge in [-0.3, -0.25) is 19.9 Å². The molecule has 7 nitrogen and oxygen atoms in total. The number of carbonyl (C=O) groups is 2. The first kappa shape index (κ1) is 14.5. The molecule has 7 heteroatoms. The quantitative estimate of drug-likeness (QED) is 0.744. The third-order valence-corrected chi connectivity index (χ3v) is 3.86. The average Bonchev–Trinajstić information content (AvgIpc) is 2.80. The van der Waals surface area contributed by atoms with Gasteiger partial charge in [-0.2, -0.15) is 0 Å². The van der Waals surface area contributed by atoms with Crippen molar-refractivity contribution >= 4 is 23.7 Å².